The molecular formula is C25H34NO4+. The molecule has 1 saturated heterocycles. The summed E-state index contributed by atoms with van der Waals surface area (Å²) in [5, 5.41) is 0. The predicted molar refractivity (Wildman–Crippen MR) is 113 cm³/mol. The van der Waals surface area contributed by atoms with E-state index in [0.717, 1.165) is 71.4 Å². The van der Waals surface area contributed by atoms with Gasteiger partial charge in [-0.1, -0.05) is 13.0 Å². The van der Waals surface area contributed by atoms with Crippen molar-refractivity contribution in [3.05, 3.63) is 29.3 Å². The van der Waals surface area contributed by atoms with Crippen LogP contribution in [0.4, 0.5) is 0 Å². The van der Waals surface area contributed by atoms with Crippen molar-refractivity contribution in [2.45, 2.75) is 57.8 Å². The molecule has 4 atom stereocenters. The number of benzene rings is 1. The number of ketones is 1. The van der Waals surface area contributed by atoms with E-state index >= 15 is 0 Å². The molecule has 1 heterocycles. The molecule has 2 saturated carbocycles. The highest BCUT2D eigenvalue weighted by Gasteiger charge is 2.54. The van der Waals surface area contributed by atoms with E-state index in [0.29, 0.717) is 35.7 Å². The number of ether oxygens (including phenoxy) is 2. The number of fused-ring (bicyclic) bond motifs is 5. The molecule has 5 nitrogen and oxygen atoms in total. The lowest BCUT2D eigenvalue weighted by Crippen LogP contribution is -3.14. The molecule has 5 rings (SSSR count). The topological polar surface area (TPSA) is 57.0 Å². The molecule has 3 fully saturated rings. The monoisotopic (exact) mass is 412 g/mol. The quantitative estimate of drug-likeness (QED) is 0.609. The van der Waals surface area contributed by atoms with Gasteiger partial charge in [0, 0.05) is 11.8 Å². The summed E-state index contributed by atoms with van der Waals surface area (Å²) in [6.45, 7) is 6.55. The molecule has 30 heavy (non-hydrogen) atoms. The van der Waals surface area contributed by atoms with Crippen LogP contribution in [0.2, 0.25) is 0 Å². The molecule has 3 aliphatic carbocycles. The number of quaternary nitrogens is 1. The average Bonchev–Trinajstić information content (AvgIpc) is 3.07. The highest BCUT2D eigenvalue weighted by atomic mass is 16.5. The van der Waals surface area contributed by atoms with Crippen molar-refractivity contribution >= 4 is 11.8 Å². The second kappa shape index (κ2) is 8.08. The summed E-state index contributed by atoms with van der Waals surface area (Å²) in [6.07, 6.45) is 6.62. The van der Waals surface area contributed by atoms with Gasteiger partial charge in [0.05, 0.1) is 26.2 Å². The Labute approximate surface area is 179 Å². The third kappa shape index (κ3) is 3.60. The van der Waals surface area contributed by atoms with Crippen molar-refractivity contribution in [3.8, 4) is 5.75 Å². The summed E-state index contributed by atoms with van der Waals surface area (Å²) in [7, 11) is 0. The van der Waals surface area contributed by atoms with E-state index in [4.69, 9.17) is 9.47 Å². The van der Waals surface area contributed by atoms with Crippen molar-refractivity contribution < 1.29 is 24.0 Å². The molecule has 5 heteroatoms. The maximum Gasteiger partial charge on any atom is 0.316 e. The van der Waals surface area contributed by atoms with Crippen molar-refractivity contribution in [1.29, 1.82) is 0 Å². The maximum atomic E-state index is 12.5. The number of Topliss-reactive ketones (excluding diaryl/α,β-unsaturated/α-hetero) is 1. The van der Waals surface area contributed by atoms with Crippen LogP contribution in [-0.4, -0.2) is 44.6 Å². The van der Waals surface area contributed by atoms with E-state index in [-0.39, 0.29) is 11.4 Å². The van der Waals surface area contributed by atoms with Gasteiger partial charge in [0.2, 0.25) is 0 Å². The van der Waals surface area contributed by atoms with Gasteiger partial charge in [-0.05, 0) is 73.1 Å². The Balaban J connectivity index is 1.23. The van der Waals surface area contributed by atoms with Gasteiger partial charge in [-0.3, -0.25) is 9.59 Å². The van der Waals surface area contributed by atoms with E-state index < -0.39 is 0 Å². The van der Waals surface area contributed by atoms with Crippen molar-refractivity contribution in [1.82, 2.24) is 0 Å². The van der Waals surface area contributed by atoms with Gasteiger partial charge in [-0.25, -0.2) is 0 Å². The normalized spacial score (nSPS) is 33.5. The second-order valence-corrected chi connectivity index (χ2v) is 10.0. The van der Waals surface area contributed by atoms with Crippen LogP contribution in [0, 0.1) is 17.3 Å². The molecule has 0 bridgehead atoms. The van der Waals surface area contributed by atoms with Crippen molar-refractivity contribution in [3.63, 3.8) is 0 Å². The van der Waals surface area contributed by atoms with Gasteiger partial charge in [0.15, 0.2) is 0 Å². The SMILES string of the molecule is C[C@]12CC[C@H]3c4ccc(OC(=O)CC[NH+]5CCOCC5)cc4CC[C@@H]3[C@@H]1CCC2=O. The van der Waals surface area contributed by atoms with Crippen LogP contribution in [-0.2, 0) is 20.7 Å². The molecule has 0 aromatic heterocycles. The summed E-state index contributed by atoms with van der Waals surface area (Å²) in [4.78, 5) is 26.3. The largest absolute Gasteiger partial charge is 0.426 e. The third-order valence-electron chi connectivity index (χ3n) is 8.52. The number of aryl methyl sites for hydroxylation is 1. The predicted octanol–water partition coefficient (Wildman–Crippen LogP) is 2.32. The number of hydrogen-bond donors (Lipinski definition) is 1. The first-order chi connectivity index (χ1) is 14.5. The summed E-state index contributed by atoms with van der Waals surface area (Å²) in [6, 6.07) is 6.27. The summed E-state index contributed by atoms with van der Waals surface area (Å²) < 4.78 is 11.1. The standard InChI is InChI=1S/C25H33NO4/c1-25-10-8-20-19-5-3-18(30-24(28)9-11-26-12-14-29-15-13-26)16-17(19)2-4-21(20)22(25)6-7-23(25)27/h3,5,16,20-22H,2,4,6-15H2,1H3/p+1/t20-,21-,22-,25-/m0/s1. The Morgan fingerprint density at radius 1 is 1.20 bits per heavy atom. The molecule has 1 aromatic rings. The number of hydrogen-bond acceptors (Lipinski definition) is 4. The minimum atomic E-state index is -0.138. The third-order valence-corrected chi connectivity index (χ3v) is 8.52. The minimum absolute atomic E-state index is 0.0728. The van der Waals surface area contributed by atoms with Crippen molar-refractivity contribution in [2.75, 3.05) is 32.8 Å². The number of rotatable bonds is 4. The van der Waals surface area contributed by atoms with E-state index in [1.54, 1.807) is 0 Å². The fourth-order valence-corrected chi connectivity index (χ4v) is 6.76. The highest BCUT2D eigenvalue weighted by Crippen LogP contribution is 2.59. The molecule has 0 radical (unpaired) electrons. The van der Waals surface area contributed by atoms with E-state index in [1.165, 1.54) is 16.0 Å². The average molecular weight is 413 g/mol. The molecule has 162 valence electrons. The Morgan fingerprint density at radius 3 is 2.87 bits per heavy atom. The van der Waals surface area contributed by atoms with E-state index in [9.17, 15) is 9.59 Å². The van der Waals surface area contributed by atoms with Crippen LogP contribution < -0.4 is 9.64 Å². The number of carbonyl (C=O) groups excluding carboxylic acids is 2. The summed E-state index contributed by atoms with van der Waals surface area (Å²) in [5.41, 5.74) is 2.70. The van der Waals surface area contributed by atoms with Gasteiger partial charge in [0.25, 0.3) is 0 Å². The van der Waals surface area contributed by atoms with Crippen LogP contribution >= 0.6 is 0 Å². The van der Waals surface area contributed by atoms with E-state index in [2.05, 4.69) is 19.1 Å². The summed E-state index contributed by atoms with van der Waals surface area (Å²) >= 11 is 0. The van der Waals surface area contributed by atoms with Gasteiger partial charge < -0.3 is 14.4 Å². The van der Waals surface area contributed by atoms with E-state index in [1.807, 2.05) is 6.07 Å². The molecule has 0 spiro atoms. The van der Waals surface area contributed by atoms with Gasteiger partial charge >= 0.3 is 5.97 Å². The number of nitrogens with one attached hydrogen (secondary N) is 1. The number of morpholine rings is 1. The number of carbonyl (C=O) groups is 2. The smallest absolute Gasteiger partial charge is 0.316 e. The Morgan fingerprint density at radius 2 is 2.03 bits per heavy atom. The Bertz CT molecular complexity index is 830. The van der Waals surface area contributed by atoms with Gasteiger partial charge in [-0.15, -0.1) is 0 Å². The second-order valence-electron chi connectivity index (χ2n) is 10.0. The van der Waals surface area contributed by atoms with Crippen molar-refractivity contribution in [2.24, 2.45) is 17.3 Å². The molecule has 1 aliphatic heterocycles. The van der Waals surface area contributed by atoms with Crippen LogP contribution in [0.1, 0.15) is 62.5 Å². The zero-order valence-electron chi connectivity index (χ0n) is 18.1. The van der Waals surface area contributed by atoms with Gasteiger partial charge in [0.1, 0.15) is 24.6 Å². The minimum Gasteiger partial charge on any atom is -0.426 e. The lowest BCUT2D eigenvalue weighted by Gasteiger charge is -2.48. The fourth-order valence-electron chi connectivity index (χ4n) is 6.76. The highest BCUT2D eigenvalue weighted by molar-refractivity contribution is 5.87. The fraction of sp³-hybridized carbons (Fsp3) is 0.680. The zero-order valence-corrected chi connectivity index (χ0v) is 18.1. The lowest BCUT2D eigenvalue weighted by atomic mass is 9.55. The first-order valence-corrected chi connectivity index (χ1v) is 11.8. The number of esters is 1. The van der Waals surface area contributed by atoms with Crippen LogP contribution in [0.25, 0.3) is 0 Å². The summed E-state index contributed by atoms with van der Waals surface area (Å²) in [5.74, 6) is 2.79. The Hall–Kier alpha value is -1.72. The van der Waals surface area contributed by atoms with Gasteiger partial charge in [-0.2, -0.15) is 0 Å². The first-order valence-electron chi connectivity index (χ1n) is 11.8. The molecule has 0 unspecified atom stereocenters. The van der Waals surface area contributed by atoms with Crippen LogP contribution in [0.15, 0.2) is 18.2 Å². The lowest BCUT2D eigenvalue weighted by molar-refractivity contribution is -0.907. The maximum absolute atomic E-state index is 12.5. The molecule has 1 aromatic carbocycles. The Kier molecular flexibility index (Phi) is 5.44. The molecular weight excluding hydrogens is 378 g/mol. The molecule has 1 N–H and O–H groups in total. The molecule has 4 aliphatic rings. The van der Waals surface area contributed by atoms with Crippen LogP contribution in [0.5, 0.6) is 5.75 Å². The first kappa shape index (κ1) is 20.2. The molecule has 0 amide bonds. The van der Waals surface area contributed by atoms with Crippen LogP contribution in [0.3, 0.4) is 0 Å². The zero-order chi connectivity index (χ0) is 20.7.